The van der Waals surface area contributed by atoms with Gasteiger partial charge in [0.15, 0.2) is 11.5 Å². The van der Waals surface area contributed by atoms with E-state index in [1.165, 1.54) is 0 Å². The zero-order chi connectivity index (χ0) is 13.2. The lowest BCUT2D eigenvalue weighted by Gasteiger charge is -2.12. The summed E-state index contributed by atoms with van der Waals surface area (Å²) in [7, 11) is 0. The SMILES string of the molecule is Cc1cc(CNC(=O)c2n[nH]c3c2CNCC3)on1. The minimum Gasteiger partial charge on any atom is -0.359 e. The second-order valence-corrected chi connectivity index (χ2v) is 4.57. The summed E-state index contributed by atoms with van der Waals surface area (Å²) in [5, 5.41) is 16.8. The Hall–Kier alpha value is -2.15. The van der Waals surface area contributed by atoms with Crippen LogP contribution in [0.15, 0.2) is 10.6 Å². The van der Waals surface area contributed by atoms with Crippen LogP contribution in [0.4, 0.5) is 0 Å². The first-order chi connectivity index (χ1) is 9.24. The fourth-order valence-electron chi connectivity index (χ4n) is 2.16. The zero-order valence-corrected chi connectivity index (χ0v) is 10.6. The molecule has 2 aromatic heterocycles. The zero-order valence-electron chi connectivity index (χ0n) is 10.6. The third-order valence-electron chi connectivity index (χ3n) is 3.12. The minimum atomic E-state index is -0.199. The topological polar surface area (TPSA) is 95.8 Å². The van der Waals surface area contributed by atoms with Crippen molar-refractivity contribution in [1.29, 1.82) is 0 Å². The predicted octanol–water partition coefficient (Wildman–Crippen LogP) is 0.282. The van der Waals surface area contributed by atoms with Crippen LogP contribution in [-0.2, 0) is 19.5 Å². The molecule has 7 nitrogen and oxygen atoms in total. The van der Waals surface area contributed by atoms with E-state index in [1.54, 1.807) is 6.07 Å². The van der Waals surface area contributed by atoms with E-state index in [0.29, 0.717) is 24.5 Å². The average molecular weight is 261 g/mol. The number of hydrogen-bond acceptors (Lipinski definition) is 5. The molecule has 0 unspecified atom stereocenters. The molecule has 0 aromatic carbocycles. The summed E-state index contributed by atoms with van der Waals surface area (Å²) in [4.78, 5) is 12.1. The normalized spacial score (nSPS) is 14.2. The van der Waals surface area contributed by atoms with E-state index in [4.69, 9.17) is 4.52 Å². The monoisotopic (exact) mass is 261 g/mol. The number of rotatable bonds is 3. The number of carbonyl (C=O) groups is 1. The van der Waals surface area contributed by atoms with Crippen molar-refractivity contribution in [2.45, 2.75) is 26.4 Å². The fourth-order valence-corrected chi connectivity index (χ4v) is 2.16. The Balaban J connectivity index is 1.69. The molecule has 19 heavy (non-hydrogen) atoms. The van der Waals surface area contributed by atoms with Gasteiger partial charge < -0.3 is 15.2 Å². The highest BCUT2D eigenvalue weighted by Crippen LogP contribution is 2.15. The van der Waals surface area contributed by atoms with Crippen LogP contribution in [-0.4, -0.2) is 27.8 Å². The Morgan fingerprint density at radius 2 is 2.47 bits per heavy atom. The maximum absolute atomic E-state index is 12.1. The van der Waals surface area contributed by atoms with Crippen LogP contribution in [0.25, 0.3) is 0 Å². The summed E-state index contributed by atoms with van der Waals surface area (Å²) in [6.07, 6.45) is 0.872. The lowest BCUT2D eigenvalue weighted by molar-refractivity contribution is 0.0941. The molecule has 0 saturated heterocycles. The van der Waals surface area contributed by atoms with Crippen molar-refractivity contribution in [3.63, 3.8) is 0 Å². The van der Waals surface area contributed by atoms with Crippen molar-refractivity contribution in [1.82, 2.24) is 26.0 Å². The summed E-state index contributed by atoms with van der Waals surface area (Å²) in [6.45, 7) is 3.74. The summed E-state index contributed by atoms with van der Waals surface area (Å²) in [6, 6.07) is 1.79. The summed E-state index contributed by atoms with van der Waals surface area (Å²) < 4.78 is 5.04. The molecule has 0 saturated carbocycles. The summed E-state index contributed by atoms with van der Waals surface area (Å²) in [5.41, 5.74) is 3.25. The number of carbonyl (C=O) groups excluding carboxylic acids is 1. The summed E-state index contributed by atoms with van der Waals surface area (Å²) in [5.74, 6) is 0.434. The van der Waals surface area contributed by atoms with E-state index in [1.807, 2.05) is 6.92 Å². The molecule has 1 amide bonds. The first-order valence-electron chi connectivity index (χ1n) is 6.21. The molecule has 0 bridgehead atoms. The van der Waals surface area contributed by atoms with Crippen molar-refractivity contribution >= 4 is 5.91 Å². The Kier molecular flexibility index (Phi) is 3.04. The largest absolute Gasteiger partial charge is 0.359 e. The third-order valence-corrected chi connectivity index (χ3v) is 3.12. The number of nitrogens with zero attached hydrogens (tertiary/aromatic N) is 2. The molecular formula is C12H15N5O2. The Labute approximate surface area is 109 Å². The van der Waals surface area contributed by atoms with Crippen LogP contribution in [0, 0.1) is 6.92 Å². The number of aromatic nitrogens is 3. The van der Waals surface area contributed by atoms with E-state index in [-0.39, 0.29) is 5.91 Å². The molecule has 3 heterocycles. The number of H-pyrrole nitrogens is 1. The number of nitrogens with one attached hydrogen (secondary N) is 3. The van der Waals surface area contributed by atoms with Crippen molar-refractivity contribution < 1.29 is 9.32 Å². The number of amides is 1. The molecule has 0 spiro atoms. The van der Waals surface area contributed by atoms with Gasteiger partial charge in [0.25, 0.3) is 5.91 Å². The lowest BCUT2D eigenvalue weighted by atomic mass is 10.1. The van der Waals surface area contributed by atoms with Crippen molar-refractivity contribution in [3.05, 3.63) is 34.5 Å². The number of fused-ring (bicyclic) bond motifs is 1. The van der Waals surface area contributed by atoms with Crippen LogP contribution < -0.4 is 10.6 Å². The van der Waals surface area contributed by atoms with Crippen molar-refractivity contribution in [2.24, 2.45) is 0 Å². The fraction of sp³-hybridized carbons (Fsp3) is 0.417. The van der Waals surface area contributed by atoms with E-state index < -0.39 is 0 Å². The van der Waals surface area contributed by atoms with E-state index in [0.717, 1.165) is 29.9 Å². The van der Waals surface area contributed by atoms with E-state index in [9.17, 15) is 4.79 Å². The van der Waals surface area contributed by atoms with Gasteiger partial charge in [0.05, 0.1) is 12.2 Å². The molecule has 3 rings (SSSR count). The summed E-state index contributed by atoms with van der Waals surface area (Å²) >= 11 is 0. The molecule has 0 aliphatic carbocycles. The average Bonchev–Trinajstić information content (AvgIpc) is 3.02. The second-order valence-electron chi connectivity index (χ2n) is 4.57. The van der Waals surface area contributed by atoms with Gasteiger partial charge in [0.2, 0.25) is 0 Å². The molecule has 0 fully saturated rings. The highest BCUT2D eigenvalue weighted by atomic mass is 16.5. The molecule has 100 valence electrons. The Morgan fingerprint density at radius 3 is 3.26 bits per heavy atom. The Bertz CT molecular complexity index is 601. The standard InChI is InChI=1S/C12H15N5O2/c1-7-4-8(19-17-7)5-14-12(18)11-9-6-13-3-2-10(9)15-16-11/h4,13H,2-3,5-6H2,1H3,(H,14,18)(H,15,16). The molecule has 7 heteroatoms. The first-order valence-corrected chi connectivity index (χ1v) is 6.21. The maximum Gasteiger partial charge on any atom is 0.272 e. The quantitative estimate of drug-likeness (QED) is 0.737. The van der Waals surface area contributed by atoms with Crippen LogP contribution in [0.5, 0.6) is 0 Å². The minimum absolute atomic E-state index is 0.199. The molecule has 0 atom stereocenters. The number of aryl methyl sites for hydroxylation is 1. The molecule has 1 aliphatic rings. The van der Waals surface area contributed by atoms with Crippen LogP contribution >= 0.6 is 0 Å². The predicted molar refractivity (Wildman–Crippen MR) is 66.4 cm³/mol. The number of hydrogen-bond donors (Lipinski definition) is 3. The highest BCUT2D eigenvalue weighted by molar-refractivity contribution is 5.93. The molecule has 0 radical (unpaired) electrons. The lowest BCUT2D eigenvalue weighted by Crippen LogP contribution is -2.28. The van der Waals surface area contributed by atoms with Gasteiger partial charge in [-0.25, -0.2) is 0 Å². The molecule has 3 N–H and O–H groups in total. The van der Waals surface area contributed by atoms with Gasteiger partial charge in [-0.3, -0.25) is 9.89 Å². The smallest absolute Gasteiger partial charge is 0.272 e. The molecule has 1 aliphatic heterocycles. The van der Waals surface area contributed by atoms with Crippen molar-refractivity contribution in [3.8, 4) is 0 Å². The van der Waals surface area contributed by atoms with Gasteiger partial charge in [-0.05, 0) is 6.92 Å². The van der Waals surface area contributed by atoms with Crippen LogP contribution in [0.2, 0.25) is 0 Å². The van der Waals surface area contributed by atoms with E-state index in [2.05, 4.69) is 26.0 Å². The highest BCUT2D eigenvalue weighted by Gasteiger charge is 2.21. The van der Waals surface area contributed by atoms with Crippen LogP contribution in [0.1, 0.15) is 33.2 Å². The third kappa shape index (κ3) is 2.37. The van der Waals surface area contributed by atoms with E-state index >= 15 is 0 Å². The maximum atomic E-state index is 12.1. The van der Waals surface area contributed by atoms with Gasteiger partial charge in [0, 0.05) is 36.8 Å². The molecule has 2 aromatic rings. The van der Waals surface area contributed by atoms with Gasteiger partial charge in [-0.1, -0.05) is 5.16 Å². The second kappa shape index (κ2) is 4.85. The van der Waals surface area contributed by atoms with Gasteiger partial charge in [-0.2, -0.15) is 5.10 Å². The Morgan fingerprint density at radius 1 is 1.58 bits per heavy atom. The van der Waals surface area contributed by atoms with Gasteiger partial charge >= 0.3 is 0 Å². The van der Waals surface area contributed by atoms with Gasteiger partial charge in [-0.15, -0.1) is 0 Å². The van der Waals surface area contributed by atoms with Gasteiger partial charge in [0.1, 0.15) is 0 Å². The molecular weight excluding hydrogens is 246 g/mol. The number of aromatic amines is 1. The first kappa shape index (κ1) is 11.9. The van der Waals surface area contributed by atoms with Crippen molar-refractivity contribution in [2.75, 3.05) is 6.54 Å². The van der Waals surface area contributed by atoms with Crippen LogP contribution in [0.3, 0.4) is 0 Å².